The van der Waals surface area contributed by atoms with Crippen molar-refractivity contribution in [2.75, 3.05) is 12.4 Å². The van der Waals surface area contributed by atoms with Crippen LogP contribution in [-0.4, -0.2) is 12.4 Å². The molecule has 1 aromatic carbocycles. The van der Waals surface area contributed by atoms with Gasteiger partial charge in [0.15, 0.2) is 0 Å². The molecule has 0 radical (unpaired) electrons. The third-order valence-electron chi connectivity index (χ3n) is 1.87. The Morgan fingerprint density at radius 1 is 1.29 bits per heavy atom. The molecule has 0 aliphatic carbocycles. The lowest BCUT2D eigenvalue weighted by atomic mass is 10.2. The molecule has 1 nitrogen and oxygen atoms in total. The fraction of sp³-hybridized carbons (Fsp3) is 0.333. The van der Waals surface area contributed by atoms with E-state index in [2.05, 4.69) is 0 Å². The van der Waals surface area contributed by atoms with E-state index in [1.54, 1.807) is 0 Å². The number of hydrogen-bond acceptors (Lipinski definition) is 2. The number of hydrogen-bond donors (Lipinski definition) is 0. The van der Waals surface area contributed by atoms with Gasteiger partial charge in [0.1, 0.15) is 5.75 Å². The van der Waals surface area contributed by atoms with Gasteiger partial charge in [-0.1, -0.05) is 0 Å². The Bertz CT molecular complexity index is 348. The molecule has 1 heterocycles. The average Bonchev–Trinajstić information content (AvgIpc) is 2.16. The first-order valence-electron chi connectivity index (χ1n) is 4.04. The first kappa shape index (κ1) is 9.71. The molecule has 0 bridgehead atoms. The third kappa shape index (κ3) is 1.82. The molecule has 5 heteroatoms. The van der Waals surface area contributed by atoms with Crippen LogP contribution in [0.4, 0.5) is 13.2 Å². The van der Waals surface area contributed by atoms with Crippen LogP contribution in [0.2, 0.25) is 0 Å². The molecule has 0 fully saturated rings. The highest BCUT2D eigenvalue weighted by Gasteiger charge is 2.31. The fourth-order valence-electron chi connectivity index (χ4n) is 1.22. The minimum absolute atomic E-state index is 0.344. The van der Waals surface area contributed by atoms with E-state index in [0.29, 0.717) is 12.4 Å². The summed E-state index contributed by atoms with van der Waals surface area (Å²) in [5, 5.41) is 0. The minimum atomic E-state index is -4.29. The van der Waals surface area contributed by atoms with Gasteiger partial charge in [-0.3, -0.25) is 0 Å². The Balaban J connectivity index is 2.39. The molecule has 0 saturated carbocycles. The van der Waals surface area contributed by atoms with E-state index in [-0.39, 0.29) is 0 Å². The molecule has 0 aromatic heterocycles. The summed E-state index contributed by atoms with van der Waals surface area (Å²) in [4.78, 5) is 0.782. The van der Waals surface area contributed by atoms with Crippen molar-refractivity contribution >= 4 is 11.8 Å². The van der Waals surface area contributed by atoms with E-state index in [1.807, 2.05) is 0 Å². The Hall–Kier alpha value is -0.840. The van der Waals surface area contributed by atoms with Crippen molar-refractivity contribution in [2.24, 2.45) is 0 Å². The van der Waals surface area contributed by atoms with E-state index < -0.39 is 11.7 Å². The van der Waals surface area contributed by atoms with Crippen molar-refractivity contribution in [3.8, 4) is 5.75 Å². The van der Waals surface area contributed by atoms with E-state index >= 15 is 0 Å². The lowest BCUT2D eigenvalue weighted by Gasteiger charge is -2.18. The SMILES string of the molecule is FC(F)(F)c1ccc2c(c1)OCCS2. The van der Waals surface area contributed by atoms with Gasteiger partial charge in [0.25, 0.3) is 0 Å². The molecular weight excluding hydrogens is 213 g/mol. The number of thioether (sulfide) groups is 1. The van der Waals surface area contributed by atoms with Crippen molar-refractivity contribution in [1.82, 2.24) is 0 Å². The smallest absolute Gasteiger partial charge is 0.416 e. The summed E-state index contributed by atoms with van der Waals surface area (Å²) < 4.78 is 42.0. The van der Waals surface area contributed by atoms with Crippen LogP contribution in [0.3, 0.4) is 0 Å². The first-order chi connectivity index (χ1) is 6.57. The van der Waals surface area contributed by atoms with Crippen molar-refractivity contribution in [1.29, 1.82) is 0 Å². The van der Waals surface area contributed by atoms with Crippen molar-refractivity contribution in [2.45, 2.75) is 11.1 Å². The lowest BCUT2D eigenvalue weighted by Crippen LogP contribution is -2.10. The Morgan fingerprint density at radius 2 is 2.07 bits per heavy atom. The third-order valence-corrected chi connectivity index (χ3v) is 2.89. The Morgan fingerprint density at radius 3 is 2.79 bits per heavy atom. The molecule has 1 aliphatic heterocycles. The molecule has 0 atom stereocenters. The molecule has 0 spiro atoms. The van der Waals surface area contributed by atoms with Crippen LogP contribution >= 0.6 is 11.8 Å². The average molecular weight is 220 g/mol. The largest absolute Gasteiger partial charge is 0.492 e. The molecule has 0 unspecified atom stereocenters. The standard InChI is InChI=1S/C9H7F3OS/c10-9(11,12)6-1-2-8-7(5-6)13-3-4-14-8/h1-2,5H,3-4H2. The molecule has 14 heavy (non-hydrogen) atoms. The Labute approximate surface area is 83.3 Å². The fourth-order valence-corrected chi connectivity index (χ4v) is 2.03. The summed E-state index contributed by atoms with van der Waals surface area (Å²) in [6.45, 7) is 0.471. The number of alkyl halides is 3. The summed E-state index contributed by atoms with van der Waals surface area (Å²) in [5.41, 5.74) is -0.654. The molecule has 0 amide bonds. The number of benzene rings is 1. The number of ether oxygens (including phenoxy) is 1. The molecule has 76 valence electrons. The highest BCUT2D eigenvalue weighted by Crippen LogP contribution is 2.38. The minimum Gasteiger partial charge on any atom is -0.492 e. The van der Waals surface area contributed by atoms with E-state index in [9.17, 15) is 13.2 Å². The molecule has 1 aliphatic rings. The predicted molar refractivity (Wildman–Crippen MR) is 47.7 cm³/mol. The van der Waals surface area contributed by atoms with Crippen LogP contribution in [0.1, 0.15) is 5.56 Å². The summed E-state index contributed by atoms with van der Waals surface area (Å²) >= 11 is 1.52. The van der Waals surface area contributed by atoms with Crippen molar-refractivity contribution in [3.63, 3.8) is 0 Å². The number of fused-ring (bicyclic) bond motifs is 1. The molecule has 1 aromatic rings. The summed E-state index contributed by atoms with van der Waals surface area (Å²) in [6, 6.07) is 3.60. The topological polar surface area (TPSA) is 9.23 Å². The second kappa shape index (κ2) is 3.38. The van der Waals surface area contributed by atoms with Gasteiger partial charge in [0.05, 0.1) is 12.2 Å². The molecule has 0 N–H and O–H groups in total. The molecular formula is C9H7F3OS. The highest BCUT2D eigenvalue weighted by molar-refractivity contribution is 7.99. The van der Waals surface area contributed by atoms with Crippen LogP contribution in [0.25, 0.3) is 0 Å². The second-order valence-corrected chi connectivity index (χ2v) is 3.99. The zero-order valence-electron chi connectivity index (χ0n) is 7.10. The maximum atomic E-state index is 12.3. The van der Waals surface area contributed by atoms with Crippen LogP contribution in [0, 0.1) is 0 Å². The summed E-state index contributed by atoms with van der Waals surface area (Å²) in [7, 11) is 0. The van der Waals surface area contributed by atoms with Gasteiger partial charge in [-0.2, -0.15) is 13.2 Å². The molecule has 0 saturated heterocycles. The number of rotatable bonds is 0. The predicted octanol–water partition coefficient (Wildman–Crippen LogP) is 3.19. The lowest BCUT2D eigenvalue weighted by molar-refractivity contribution is -0.137. The van der Waals surface area contributed by atoms with Crippen molar-refractivity contribution < 1.29 is 17.9 Å². The van der Waals surface area contributed by atoms with E-state index in [1.165, 1.54) is 17.8 Å². The first-order valence-corrected chi connectivity index (χ1v) is 5.03. The number of halogens is 3. The Kier molecular flexibility index (Phi) is 2.34. The van der Waals surface area contributed by atoms with Crippen LogP contribution < -0.4 is 4.74 Å². The maximum absolute atomic E-state index is 12.3. The van der Waals surface area contributed by atoms with E-state index in [0.717, 1.165) is 22.8 Å². The maximum Gasteiger partial charge on any atom is 0.416 e. The molecule has 2 rings (SSSR count). The van der Waals surface area contributed by atoms with Gasteiger partial charge >= 0.3 is 6.18 Å². The highest BCUT2D eigenvalue weighted by atomic mass is 32.2. The van der Waals surface area contributed by atoms with Gasteiger partial charge in [0.2, 0.25) is 0 Å². The summed E-state index contributed by atoms with van der Waals surface area (Å²) in [6.07, 6.45) is -4.29. The van der Waals surface area contributed by atoms with Gasteiger partial charge in [0, 0.05) is 10.6 Å². The quantitative estimate of drug-likeness (QED) is 0.664. The van der Waals surface area contributed by atoms with Gasteiger partial charge in [-0.25, -0.2) is 0 Å². The monoisotopic (exact) mass is 220 g/mol. The van der Waals surface area contributed by atoms with E-state index in [4.69, 9.17) is 4.74 Å². The van der Waals surface area contributed by atoms with Crippen molar-refractivity contribution in [3.05, 3.63) is 23.8 Å². The van der Waals surface area contributed by atoms with Crippen LogP contribution in [0.5, 0.6) is 5.75 Å². The van der Waals surface area contributed by atoms with Gasteiger partial charge in [-0.15, -0.1) is 11.8 Å². The summed E-state index contributed by atoms with van der Waals surface area (Å²) in [5.74, 6) is 1.13. The van der Waals surface area contributed by atoms with Gasteiger partial charge in [-0.05, 0) is 18.2 Å². The normalized spacial score (nSPS) is 15.9. The zero-order chi connectivity index (χ0) is 10.2. The van der Waals surface area contributed by atoms with Crippen LogP contribution in [0.15, 0.2) is 23.1 Å². The zero-order valence-corrected chi connectivity index (χ0v) is 7.91. The van der Waals surface area contributed by atoms with Crippen LogP contribution in [-0.2, 0) is 6.18 Å². The second-order valence-electron chi connectivity index (χ2n) is 2.86. The van der Waals surface area contributed by atoms with Gasteiger partial charge < -0.3 is 4.74 Å².